The lowest BCUT2D eigenvalue weighted by atomic mass is 10.00. The molecule has 0 bridgehead atoms. The maximum Gasteiger partial charge on any atom is 0.320 e. The third-order valence-corrected chi connectivity index (χ3v) is 3.62. The molecule has 6 nitrogen and oxygen atoms in total. The second kappa shape index (κ2) is 6.04. The lowest BCUT2D eigenvalue weighted by Gasteiger charge is -2.23. The standard InChI is InChI=1S/C12H22N4O2/c1-15-5-6-16(12(15)18)9-11(17)14-8-10-3-2-4-13-7-10/h10,13H,2-9H2,1H3,(H,14,17). The highest BCUT2D eigenvalue weighted by Gasteiger charge is 2.26. The number of likely N-dealkylation sites (N-methyl/N-ethyl adjacent to an activating group) is 1. The van der Waals surface area contributed by atoms with Crippen LogP contribution in [0.25, 0.3) is 0 Å². The first-order valence-electron chi connectivity index (χ1n) is 6.64. The van der Waals surface area contributed by atoms with Gasteiger partial charge in [-0.1, -0.05) is 0 Å². The van der Waals surface area contributed by atoms with E-state index in [2.05, 4.69) is 10.6 Å². The topological polar surface area (TPSA) is 64.7 Å². The van der Waals surface area contributed by atoms with Crippen molar-refractivity contribution in [1.29, 1.82) is 0 Å². The van der Waals surface area contributed by atoms with Gasteiger partial charge < -0.3 is 20.4 Å². The van der Waals surface area contributed by atoms with Crippen LogP contribution in [0.2, 0.25) is 0 Å². The Morgan fingerprint density at radius 1 is 1.50 bits per heavy atom. The predicted octanol–water partition coefficient (Wildman–Crippen LogP) is -0.530. The molecule has 18 heavy (non-hydrogen) atoms. The number of piperidine rings is 1. The van der Waals surface area contributed by atoms with E-state index in [4.69, 9.17) is 0 Å². The molecule has 0 radical (unpaired) electrons. The SMILES string of the molecule is CN1CCN(CC(=O)NCC2CCCNC2)C1=O. The summed E-state index contributed by atoms with van der Waals surface area (Å²) in [6.45, 7) is 4.31. The molecule has 0 aromatic rings. The van der Waals surface area contributed by atoms with Crippen LogP contribution in [0, 0.1) is 5.92 Å². The van der Waals surface area contributed by atoms with Crippen LogP contribution in [0.15, 0.2) is 0 Å². The first-order valence-corrected chi connectivity index (χ1v) is 6.64. The minimum Gasteiger partial charge on any atom is -0.354 e. The van der Waals surface area contributed by atoms with Crippen molar-refractivity contribution in [3.63, 3.8) is 0 Å². The van der Waals surface area contributed by atoms with E-state index in [1.54, 1.807) is 16.8 Å². The molecule has 2 heterocycles. The van der Waals surface area contributed by atoms with Gasteiger partial charge in [-0.2, -0.15) is 0 Å². The maximum absolute atomic E-state index is 11.7. The van der Waals surface area contributed by atoms with E-state index < -0.39 is 0 Å². The third kappa shape index (κ3) is 3.35. The van der Waals surface area contributed by atoms with Crippen molar-refractivity contribution < 1.29 is 9.59 Å². The summed E-state index contributed by atoms with van der Waals surface area (Å²) in [5.41, 5.74) is 0. The molecule has 2 rings (SSSR count). The molecule has 0 aliphatic carbocycles. The molecule has 3 amide bonds. The van der Waals surface area contributed by atoms with E-state index in [-0.39, 0.29) is 18.5 Å². The van der Waals surface area contributed by atoms with E-state index in [0.717, 1.165) is 13.1 Å². The average molecular weight is 254 g/mol. The number of nitrogens with zero attached hydrogens (tertiary/aromatic N) is 2. The van der Waals surface area contributed by atoms with Crippen molar-refractivity contribution in [3.05, 3.63) is 0 Å². The summed E-state index contributed by atoms with van der Waals surface area (Å²) in [6, 6.07) is -0.0514. The van der Waals surface area contributed by atoms with Gasteiger partial charge in [0.05, 0.1) is 0 Å². The second-order valence-corrected chi connectivity index (χ2v) is 5.14. The van der Waals surface area contributed by atoms with E-state index in [1.165, 1.54) is 12.8 Å². The van der Waals surface area contributed by atoms with Crippen molar-refractivity contribution >= 4 is 11.9 Å². The van der Waals surface area contributed by atoms with E-state index in [0.29, 0.717) is 25.6 Å². The highest BCUT2D eigenvalue weighted by Crippen LogP contribution is 2.08. The van der Waals surface area contributed by atoms with E-state index >= 15 is 0 Å². The number of carbonyl (C=O) groups excluding carboxylic acids is 2. The van der Waals surface area contributed by atoms with Gasteiger partial charge in [0.2, 0.25) is 5.91 Å². The monoisotopic (exact) mass is 254 g/mol. The van der Waals surface area contributed by atoms with Crippen LogP contribution < -0.4 is 10.6 Å². The Morgan fingerprint density at radius 2 is 2.33 bits per heavy atom. The molecular formula is C12H22N4O2. The summed E-state index contributed by atoms with van der Waals surface area (Å²) >= 11 is 0. The number of hydrogen-bond acceptors (Lipinski definition) is 3. The highest BCUT2D eigenvalue weighted by molar-refractivity contribution is 5.84. The van der Waals surface area contributed by atoms with Gasteiger partial charge in [0.25, 0.3) is 0 Å². The predicted molar refractivity (Wildman–Crippen MR) is 68.2 cm³/mol. The van der Waals surface area contributed by atoms with Crippen molar-refractivity contribution in [2.75, 3.05) is 46.3 Å². The molecule has 1 atom stereocenters. The zero-order chi connectivity index (χ0) is 13.0. The van der Waals surface area contributed by atoms with Crippen LogP contribution in [0.5, 0.6) is 0 Å². The first kappa shape index (κ1) is 13.1. The molecule has 0 aromatic heterocycles. The molecule has 1 unspecified atom stereocenters. The number of rotatable bonds is 4. The van der Waals surface area contributed by atoms with Gasteiger partial charge in [-0.3, -0.25) is 4.79 Å². The molecule has 2 aliphatic rings. The quantitative estimate of drug-likeness (QED) is 0.709. The van der Waals surface area contributed by atoms with Gasteiger partial charge in [-0.25, -0.2) is 4.79 Å². The van der Waals surface area contributed by atoms with Crippen LogP contribution >= 0.6 is 0 Å². The Balaban J connectivity index is 1.67. The number of nitrogens with one attached hydrogen (secondary N) is 2. The molecule has 102 valence electrons. The lowest BCUT2D eigenvalue weighted by molar-refractivity contribution is -0.121. The van der Waals surface area contributed by atoms with Crippen LogP contribution in [0.3, 0.4) is 0 Å². The van der Waals surface area contributed by atoms with Gasteiger partial charge in [-0.15, -0.1) is 0 Å². The van der Waals surface area contributed by atoms with E-state index in [1.807, 2.05) is 0 Å². The summed E-state index contributed by atoms with van der Waals surface area (Å²) in [4.78, 5) is 26.6. The van der Waals surface area contributed by atoms with Gasteiger partial charge in [0.1, 0.15) is 6.54 Å². The third-order valence-electron chi connectivity index (χ3n) is 3.62. The Hall–Kier alpha value is -1.30. The number of hydrogen-bond donors (Lipinski definition) is 2. The summed E-state index contributed by atoms with van der Waals surface area (Å²) in [5, 5.41) is 6.25. The van der Waals surface area contributed by atoms with E-state index in [9.17, 15) is 9.59 Å². The van der Waals surface area contributed by atoms with Crippen LogP contribution in [0.1, 0.15) is 12.8 Å². The summed E-state index contributed by atoms with van der Waals surface area (Å²) in [7, 11) is 1.76. The minimum absolute atomic E-state index is 0.0514. The Morgan fingerprint density at radius 3 is 2.94 bits per heavy atom. The summed E-state index contributed by atoms with van der Waals surface area (Å²) < 4.78 is 0. The van der Waals surface area contributed by atoms with Crippen LogP contribution in [-0.4, -0.2) is 68.1 Å². The molecule has 2 saturated heterocycles. The van der Waals surface area contributed by atoms with Crippen molar-refractivity contribution in [2.24, 2.45) is 5.92 Å². The number of amides is 3. The Labute approximate surface area is 108 Å². The minimum atomic E-state index is -0.0516. The van der Waals surface area contributed by atoms with Gasteiger partial charge in [-0.05, 0) is 31.8 Å². The molecule has 0 spiro atoms. The molecule has 0 aromatic carbocycles. The summed E-state index contributed by atoms with van der Waals surface area (Å²) in [5.74, 6) is 0.476. The molecule has 2 fully saturated rings. The Kier molecular flexibility index (Phi) is 4.41. The molecule has 6 heteroatoms. The highest BCUT2D eigenvalue weighted by atomic mass is 16.2. The smallest absolute Gasteiger partial charge is 0.320 e. The average Bonchev–Trinajstić information content (AvgIpc) is 2.70. The molecular weight excluding hydrogens is 232 g/mol. The van der Waals surface area contributed by atoms with Crippen LogP contribution in [0.4, 0.5) is 4.79 Å². The zero-order valence-electron chi connectivity index (χ0n) is 10.9. The zero-order valence-corrected chi connectivity index (χ0v) is 10.9. The fourth-order valence-corrected chi connectivity index (χ4v) is 2.44. The van der Waals surface area contributed by atoms with Gasteiger partial charge >= 0.3 is 6.03 Å². The summed E-state index contributed by atoms with van der Waals surface area (Å²) in [6.07, 6.45) is 2.34. The molecule has 2 aliphatic heterocycles. The Bertz CT molecular complexity index is 315. The maximum atomic E-state index is 11.7. The number of urea groups is 1. The van der Waals surface area contributed by atoms with Crippen LogP contribution in [-0.2, 0) is 4.79 Å². The van der Waals surface area contributed by atoms with Crippen molar-refractivity contribution in [1.82, 2.24) is 20.4 Å². The van der Waals surface area contributed by atoms with Gasteiger partial charge in [0.15, 0.2) is 0 Å². The second-order valence-electron chi connectivity index (χ2n) is 5.14. The number of carbonyl (C=O) groups is 2. The molecule has 0 saturated carbocycles. The fraction of sp³-hybridized carbons (Fsp3) is 0.833. The lowest BCUT2D eigenvalue weighted by Crippen LogP contribution is -2.43. The first-order chi connectivity index (χ1) is 8.66. The van der Waals surface area contributed by atoms with Gasteiger partial charge in [0, 0.05) is 26.7 Å². The molecule has 2 N–H and O–H groups in total. The van der Waals surface area contributed by atoms with Crippen molar-refractivity contribution in [2.45, 2.75) is 12.8 Å². The fourth-order valence-electron chi connectivity index (χ4n) is 2.44. The normalized spacial score (nSPS) is 24.5. The van der Waals surface area contributed by atoms with Crippen molar-refractivity contribution in [3.8, 4) is 0 Å². The largest absolute Gasteiger partial charge is 0.354 e.